The fraction of sp³-hybridized carbons (Fsp3) is 0.417. The SMILES string of the molecule is CCOC(=O)C(NCC(F)(F)F)c1ccc(F)cc1Cl. The molecule has 1 N–H and O–H groups in total. The van der Waals surface area contributed by atoms with E-state index < -0.39 is 30.5 Å². The Kier molecular flexibility index (Phi) is 5.76. The Morgan fingerprint density at radius 3 is 2.60 bits per heavy atom. The van der Waals surface area contributed by atoms with E-state index in [9.17, 15) is 22.4 Å². The van der Waals surface area contributed by atoms with Gasteiger partial charge in [-0.2, -0.15) is 13.2 Å². The van der Waals surface area contributed by atoms with E-state index in [0.29, 0.717) is 0 Å². The second-order valence-electron chi connectivity index (χ2n) is 3.85. The van der Waals surface area contributed by atoms with E-state index >= 15 is 0 Å². The van der Waals surface area contributed by atoms with Crippen LogP contribution in [0.25, 0.3) is 0 Å². The molecule has 1 rings (SSSR count). The summed E-state index contributed by atoms with van der Waals surface area (Å²) >= 11 is 5.75. The van der Waals surface area contributed by atoms with E-state index in [0.717, 1.165) is 18.2 Å². The highest BCUT2D eigenvalue weighted by molar-refractivity contribution is 6.31. The van der Waals surface area contributed by atoms with Crippen LogP contribution in [0.4, 0.5) is 17.6 Å². The largest absolute Gasteiger partial charge is 0.465 e. The Hall–Kier alpha value is -1.34. The third-order valence-electron chi connectivity index (χ3n) is 2.30. The summed E-state index contributed by atoms with van der Waals surface area (Å²) in [6, 6.07) is 1.65. The lowest BCUT2D eigenvalue weighted by Gasteiger charge is -2.19. The molecule has 0 fully saturated rings. The predicted octanol–water partition coefficient (Wildman–Crippen LogP) is 3.24. The molecule has 0 bridgehead atoms. The van der Waals surface area contributed by atoms with Gasteiger partial charge in [-0.05, 0) is 24.6 Å². The Morgan fingerprint density at radius 1 is 1.45 bits per heavy atom. The summed E-state index contributed by atoms with van der Waals surface area (Å²) in [4.78, 5) is 11.7. The van der Waals surface area contributed by atoms with E-state index in [4.69, 9.17) is 11.6 Å². The summed E-state index contributed by atoms with van der Waals surface area (Å²) < 4.78 is 54.3. The van der Waals surface area contributed by atoms with E-state index in [1.807, 2.05) is 5.32 Å². The molecule has 20 heavy (non-hydrogen) atoms. The summed E-state index contributed by atoms with van der Waals surface area (Å²) in [5.74, 6) is -1.57. The van der Waals surface area contributed by atoms with Crippen molar-refractivity contribution in [1.29, 1.82) is 0 Å². The highest BCUT2D eigenvalue weighted by Gasteiger charge is 2.32. The zero-order chi connectivity index (χ0) is 15.3. The number of rotatable bonds is 5. The molecule has 1 atom stereocenters. The summed E-state index contributed by atoms with van der Waals surface area (Å²) in [6.45, 7) is 0.122. The van der Waals surface area contributed by atoms with Crippen LogP contribution in [0.1, 0.15) is 18.5 Å². The zero-order valence-electron chi connectivity index (χ0n) is 10.4. The number of carbonyl (C=O) groups is 1. The van der Waals surface area contributed by atoms with Crippen molar-refractivity contribution in [2.45, 2.75) is 19.1 Å². The van der Waals surface area contributed by atoms with Gasteiger partial charge in [0.15, 0.2) is 0 Å². The lowest BCUT2D eigenvalue weighted by molar-refractivity contribution is -0.149. The molecule has 0 heterocycles. The van der Waals surface area contributed by atoms with Gasteiger partial charge in [0.1, 0.15) is 11.9 Å². The molecule has 112 valence electrons. The molecule has 1 aromatic rings. The normalized spacial score (nSPS) is 13.1. The maximum atomic E-state index is 12.9. The number of hydrogen-bond donors (Lipinski definition) is 1. The van der Waals surface area contributed by atoms with Crippen LogP contribution in [0.2, 0.25) is 5.02 Å². The third kappa shape index (κ3) is 4.97. The number of ether oxygens (including phenoxy) is 1. The first-order valence-electron chi connectivity index (χ1n) is 5.66. The monoisotopic (exact) mass is 313 g/mol. The van der Waals surface area contributed by atoms with Gasteiger partial charge in [0, 0.05) is 5.02 Å². The minimum atomic E-state index is -4.50. The van der Waals surface area contributed by atoms with Gasteiger partial charge in [-0.3, -0.25) is 5.32 Å². The van der Waals surface area contributed by atoms with Gasteiger partial charge in [-0.1, -0.05) is 17.7 Å². The first-order chi connectivity index (χ1) is 9.24. The molecule has 1 unspecified atom stereocenters. The minimum absolute atomic E-state index is 0.00183. The van der Waals surface area contributed by atoms with Crippen LogP contribution in [-0.2, 0) is 9.53 Å². The third-order valence-corrected chi connectivity index (χ3v) is 2.63. The predicted molar refractivity (Wildman–Crippen MR) is 64.8 cm³/mol. The standard InChI is InChI=1S/C12H12ClF4NO2/c1-2-20-11(19)10(18-6-12(15,16)17)8-4-3-7(14)5-9(8)13/h3-5,10,18H,2,6H2,1H3. The first-order valence-corrected chi connectivity index (χ1v) is 6.04. The molecule has 0 spiro atoms. The van der Waals surface area contributed by atoms with Gasteiger partial charge >= 0.3 is 12.1 Å². The molecule has 0 aliphatic carbocycles. The average Bonchev–Trinajstić information content (AvgIpc) is 2.30. The maximum absolute atomic E-state index is 12.9. The number of benzene rings is 1. The molecular formula is C12H12ClF4NO2. The van der Waals surface area contributed by atoms with Crippen molar-refractivity contribution < 1.29 is 27.1 Å². The van der Waals surface area contributed by atoms with Gasteiger partial charge in [0.05, 0.1) is 13.2 Å². The number of alkyl halides is 3. The second-order valence-corrected chi connectivity index (χ2v) is 4.25. The smallest absolute Gasteiger partial charge is 0.401 e. The Labute approximate surface area is 117 Å². The van der Waals surface area contributed by atoms with Gasteiger partial charge in [-0.25, -0.2) is 9.18 Å². The average molecular weight is 314 g/mol. The molecule has 0 aliphatic heterocycles. The summed E-state index contributed by atoms with van der Waals surface area (Å²) in [5, 5.41) is 1.86. The van der Waals surface area contributed by atoms with Gasteiger partial charge in [0.25, 0.3) is 0 Å². The zero-order valence-corrected chi connectivity index (χ0v) is 11.2. The van der Waals surface area contributed by atoms with Crippen molar-refractivity contribution in [2.75, 3.05) is 13.2 Å². The molecule has 0 aliphatic rings. The lowest BCUT2D eigenvalue weighted by Crippen LogP contribution is -2.37. The summed E-state index contributed by atoms with van der Waals surface area (Å²) in [6.07, 6.45) is -4.50. The van der Waals surface area contributed by atoms with Crippen LogP contribution in [0.15, 0.2) is 18.2 Å². The molecule has 8 heteroatoms. The van der Waals surface area contributed by atoms with Gasteiger partial charge < -0.3 is 4.74 Å². The Morgan fingerprint density at radius 2 is 2.10 bits per heavy atom. The fourth-order valence-corrected chi connectivity index (χ4v) is 1.78. The van der Waals surface area contributed by atoms with Crippen LogP contribution < -0.4 is 5.32 Å². The van der Waals surface area contributed by atoms with E-state index in [-0.39, 0.29) is 17.2 Å². The molecular weight excluding hydrogens is 302 g/mol. The number of nitrogens with one attached hydrogen (secondary N) is 1. The highest BCUT2D eigenvalue weighted by Crippen LogP contribution is 2.26. The number of hydrogen-bond acceptors (Lipinski definition) is 3. The maximum Gasteiger partial charge on any atom is 0.401 e. The van der Waals surface area contributed by atoms with E-state index in [2.05, 4.69) is 4.74 Å². The van der Waals surface area contributed by atoms with Crippen LogP contribution in [0, 0.1) is 5.82 Å². The summed E-state index contributed by atoms with van der Waals surface area (Å²) in [5.41, 5.74) is 0.0239. The van der Waals surface area contributed by atoms with Crippen LogP contribution in [0.3, 0.4) is 0 Å². The van der Waals surface area contributed by atoms with Gasteiger partial charge in [0.2, 0.25) is 0 Å². The van der Waals surface area contributed by atoms with E-state index in [1.165, 1.54) is 6.92 Å². The molecule has 0 saturated heterocycles. The number of esters is 1. The molecule has 0 radical (unpaired) electrons. The van der Waals surface area contributed by atoms with Crippen molar-refractivity contribution in [3.63, 3.8) is 0 Å². The highest BCUT2D eigenvalue weighted by atomic mass is 35.5. The van der Waals surface area contributed by atoms with Crippen molar-refractivity contribution >= 4 is 17.6 Å². The van der Waals surface area contributed by atoms with Crippen molar-refractivity contribution in [1.82, 2.24) is 5.32 Å². The summed E-state index contributed by atoms with van der Waals surface area (Å²) in [7, 11) is 0. The van der Waals surface area contributed by atoms with Gasteiger partial charge in [-0.15, -0.1) is 0 Å². The van der Waals surface area contributed by atoms with E-state index in [1.54, 1.807) is 0 Å². The van der Waals surface area contributed by atoms with Crippen LogP contribution in [0.5, 0.6) is 0 Å². The first kappa shape index (κ1) is 16.7. The fourth-order valence-electron chi connectivity index (χ4n) is 1.50. The van der Waals surface area contributed by atoms with Crippen molar-refractivity contribution in [3.05, 3.63) is 34.6 Å². The van der Waals surface area contributed by atoms with Crippen LogP contribution >= 0.6 is 11.6 Å². The van der Waals surface area contributed by atoms with Crippen molar-refractivity contribution in [3.8, 4) is 0 Å². The molecule has 1 aromatic carbocycles. The molecule has 3 nitrogen and oxygen atoms in total. The molecule has 0 amide bonds. The Bertz CT molecular complexity index is 479. The second kappa shape index (κ2) is 6.90. The molecule has 0 aromatic heterocycles. The Balaban J connectivity index is 3.00. The number of carbonyl (C=O) groups excluding carboxylic acids is 1. The van der Waals surface area contributed by atoms with Crippen LogP contribution in [-0.4, -0.2) is 25.3 Å². The quantitative estimate of drug-likeness (QED) is 0.670. The van der Waals surface area contributed by atoms with Crippen molar-refractivity contribution in [2.24, 2.45) is 0 Å². The molecule has 0 saturated carbocycles. The number of halogens is 5. The minimum Gasteiger partial charge on any atom is -0.465 e. The lowest BCUT2D eigenvalue weighted by atomic mass is 10.1. The topological polar surface area (TPSA) is 38.3 Å².